The Morgan fingerprint density at radius 1 is 1.26 bits per heavy atom. The summed E-state index contributed by atoms with van der Waals surface area (Å²) in [5, 5.41) is 8.72. The highest BCUT2D eigenvalue weighted by molar-refractivity contribution is 7.90. The van der Waals surface area contributed by atoms with Crippen LogP contribution in [0.4, 0.5) is 5.69 Å². The number of nitriles is 1. The van der Waals surface area contributed by atoms with Crippen molar-refractivity contribution in [2.45, 2.75) is 24.3 Å². The van der Waals surface area contributed by atoms with Crippen molar-refractivity contribution in [1.82, 2.24) is 8.87 Å². The number of anilines is 1. The summed E-state index contributed by atoms with van der Waals surface area (Å²) < 4.78 is 26.7. The molecule has 1 fully saturated rings. The Labute approximate surface area is 159 Å². The molecule has 1 aliphatic heterocycles. The lowest BCUT2D eigenvalue weighted by Crippen LogP contribution is -2.38. The van der Waals surface area contributed by atoms with Gasteiger partial charge in [0.05, 0.1) is 22.7 Å². The minimum absolute atomic E-state index is 0.0583. The molecule has 3 rings (SSSR count). The molecule has 0 bridgehead atoms. The first-order chi connectivity index (χ1) is 12.8. The molecular formula is C19H22N4O3S. The van der Waals surface area contributed by atoms with E-state index in [1.165, 1.54) is 10.2 Å². The van der Waals surface area contributed by atoms with Gasteiger partial charge in [-0.3, -0.25) is 4.79 Å². The molecule has 2 atom stereocenters. The minimum Gasteiger partial charge on any atom is -0.368 e. The predicted octanol–water partition coefficient (Wildman–Crippen LogP) is 1.92. The molecular weight excluding hydrogens is 364 g/mol. The number of aromatic nitrogens is 1. The van der Waals surface area contributed by atoms with E-state index < -0.39 is 10.0 Å². The van der Waals surface area contributed by atoms with Crippen LogP contribution < -0.4 is 4.90 Å². The summed E-state index contributed by atoms with van der Waals surface area (Å²) in [6, 6.07) is 12.0. The van der Waals surface area contributed by atoms with Crippen LogP contribution in [-0.2, 0) is 14.8 Å². The summed E-state index contributed by atoms with van der Waals surface area (Å²) in [7, 11) is -1.73. The van der Waals surface area contributed by atoms with Gasteiger partial charge >= 0.3 is 0 Å². The lowest BCUT2D eigenvalue weighted by molar-refractivity contribution is -0.129. The van der Waals surface area contributed by atoms with Crippen molar-refractivity contribution in [2.24, 2.45) is 5.92 Å². The van der Waals surface area contributed by atoms with Crippen LogP contribution in [0.5, 0.6) is 0 Å². The van der Waals surface area contributed by atoms with Crippen LogP contribution in [0.1, 0.15) is 13.3 Å². The van der Waals surface area contributed by atoms with E-state index in [9.17, 15) is 13.2 Å². The first-order valence-electron chi connectivity index (χ1n) is 8.70. The van der Waals surface area contributed by atoms with Crippen molar-refractivity contribution < 1.29 is 13.2 Å². The van der Waals surface area contributed by atoms with E-state index in [-0.39, 0.29) is 29.2 Å². The molecule has 0 N–H and O–H groups in total. The number of carbonyl (C=O) groups is 1. The van der Waals surface area contributed by atoms with E-state index >= 15 is 0 Å². The van der Waals surface area contributed by atoms with Crippen LogP contribution in [-0.4, -0.2) is 49.4 Å². The van der Waals surface area contributed by atoms with E-state index in [0.717, 1.165) is 5.69 Å². The lowest BCUT2D eigenvalue weighted by Gasteiger charge is -2.28. The lowest BCUT2D eigenvalue weighted by atomic mass is 10.1. The third-order valence-electron chi connectivity index (χ3n) is 5.03. The Bertz CT molecular complexity index is 962. The summed E-state index contributed by atoms with van der Waals surface area (Å²) in [6.07, 6.45) is 3.01. The number of amides is 1. The van der Waals surface area contributed by atoms with Gasteiger partial charge in [0.2, 0.25) is 5.91 Å². The molecule has 2 unspecified atom stereocenters. The van der Waals surface area contributed by atoms with E-state index in [1.54, 1.807) is 47.5 Å². The van der Waals surface area contributed by atoms with E-state index in [0.29, 0.717) is 13.1 Å². The van der Waals surface area contributed by atoms with Gasteiger partial charge in [0.15, 0.2) is 0 Å². The predicted molar refractivity (Wildman–Crippen MR) is 102 cm³/mol. The minimum atomic E-state index is -3.63. The Hall–Kier alpha value is -2.79. The van der Waals surface area contributed by atoms with E-state index in [2.05, 4.69) is 6.92 Å². The number of nitrogens with zero attached hydrogens (tertiary/aromatic N) is 4. The highest BCUT2D eigenvalue weighted by Gasteiger charge is 2.35. The van der Waals surface area contributed by atoms with Crippen molar-refractivity contribution in [1.29, 1.82) is 5.26 Å². The fourth-order valence-electron chi connectivity index (χ4n) is 3.47. The highest BCUT2D eigenvalue weighted by Crippen LogP contribution is 2.27. The molecule has 0 spiro atoms. The van der Waals surface area contributed by atoms with Gasteiger partial charge < -0.3 is 9.80 Å². The number of rotatable bonds is 5. The molecule has 0 radical (unpaired) electrons. The second kappa shape index (κ2) is 7.45. The Kier molecular flexibility index (Phi) is 5.24. The van der Waals surface area contributed by atoms with Crippen molar-refractivity contribution in [3.8, 4) is 6.07 Å². The second-order valence-corrected chi connectivity index (χ2v) is 8.65. The monoisotopic (exact) mass is 386 g/mol. The van der Waals surface area contributed by atoms with Crippen LogP contribution in [0.2, 0.25) is 0 Å². The van der Waals surface area contributed by atoms with Crippen LogP contribution >= 0.6 is 0 Å². The smallest absolute Gasteiger partial charge is 0.267 e. The Morgan fingerprint density at radius 2 is 1.96 bits per heavy atom. The standard InChI is InChI=1S/C19H22N4O3S/c1-15-12-22(19(24)8-10-20)14-18(15)21(2)16-9-11-23(13-16)27(25,26)17-6-4-3-5-7-17/h3-7,9,11,13,15,18H,8,12,14H2,1-2H3. The summed E-state index contributed by atoms with van der Waals surface area (Å²) in [4.78, 5) is 15.9. The number of hydrogen-bond acceptors (Lipinski definition) is 5. The van der Waals surface area contributed by atoms with Gasteiger partial charge in [-0.05, 0) is 24.1 Å². The normalized spacial score (nSPS) is 19.7. The van der Waals surface area contributed by atoms with Gasteiger partial charge in [-0.1, -0.05) is 25.1 Å². The second-order valence-electron chi connectivity index (χ2n) is 6.81. The van der Waals surface area contributed by atoms with Crippen LogP contribution in [0, 0.1) is 17.2 Å². The fourth-order valence-corrected chi connectivity index (χ4v) is 4.68. The third-order valence-corrected chi connectivity index (χ3v) is 6.68. The number of hydrogen-bond donors (Lipinski definition) is 0. The molecule has 1 aliphatic rings. The molecule has 142 valence electrons. The molecule has 1 aromatic carbocycles. The summed E-state index contributed by atoms with van der Waals surface area (Å²) in [6.45, 7) is 3.17. The fraction of sp³-hybridized carbons (Fsp3) is 0.368. The largest absolute Gasteiger partial charge is 0.368 e. The quantitative estimate of drug-likeness (QED) is 0.784. The maximum absolute atomic E-state index is 12.7. The number of likely N-dealkylation sites (tertiary alicyclic amines) is 1. The molecule has 27 heavy (non-hydrogen) atoms. The zero-order valence-electron chi connectivity index (χ0n) is 15.3. The molecule has 2 heterocycles. The van der Waals surface area contributed by atoms with Gasteiger partial charge in [0.1, 0.15) is 6.42 Å². The van der Waals surface area contributed by atoms with Crippen LogP contribution in [0.15, 0.2) is 53.7 Å². The van der Waals surface area contributed by atoms with Gasteiger partial charge in [-0.2, -0.15) is 5.26 Å². The zero-order chi connectivity index (χ0) is 19.6. The van der Waals surface area contributed by atoms with Crippen molar-refractivity contribution in [3.05, 3.63) is 48.8 Å². The van der Waals surface area contributed by atoms with Gasteiger partial charge in [0.25, 0.3) is 10.0 Å². The van der Waals surface area contributed by atoms with E-state index in [4.69, 9.17) is 5.26 Å². The summed E-state index contributed by atoms with van der Waals surface area (Å²) in [5.41, 5.74) is 0.765. The molecule has 8 heteroatoms. The number of carbonyl (C=O) groups excluding carboxylic acids is 1. The number of benzene rings is 1. The molecule has 1 saturated heterocycles. The first kappa shape index (κ1) is 19.0. The maximum Gasteiger partial charge on any atom is 0.267 e. The third kappa shape index (κ3) is 3.69. The molecule has 0 aliphatic carbocycles. The van der Waals surface area contributed by atoms with Crippen molar-refractivity contribution in [3.63, 3.8) is 0 Å². The molecule has 1 aromatic heterocycles. The first-order valence-corrected chi connectivity index (χ1v) is 10.1. The Morgan fingerprint density at radius 3 is 2.63 bits per heavy atom. The SMILES string of the molecule is CC1CN(C(=O)CC#N)CC1N(C)c1ccn(S(=O)(=O)c2ccccc2)c1. The average molecular weight is 386 g/mol. The van der Waals surface area contributed by atoms with Gasteiger partial charge in [0, 0.05) is 32.5 Å². The highest BCUT2D eigenvalue weighted by atomic mass is 32.2. The van der Waals surface area contributed by atoms with Crippen LogP contribution in [0.25, 0.3) is 0 Å². The maximum atomic E-state index is 12.7. The number of likely N-dealkylation sites (N-methyl/N-ethyl adjacent to an activating group) is 1. The Balaban J connectivity index is 1.79. The average Bonchev–Trinajstić information content (AvgIpc) is 3.30. The summed E-state index contributed by atoms with van der Waals surface area (Å²) >= 11 is 0. The van der Waals surface area contributed by atoms with Gasteiger partial charge in [-0.25, -0.2) is 12.4 Å². The van der Waals surface area contributed by atoms with Gasteiger partial charge in [-0.15, -0.1) is 0 Å². The molecule has 2 aromatic rings. The summed E-state index contributed by atoms with van der Waals surface area (Å²) in [5.74, 6) is 0.0520. The van der Waals surface area contributed by atoms with Crippen molar-refractivity contribution in [2.75, 3.05) is 25.0 Å². The topological polar surface area (TPSA) is 86.4 Å². The van der Waals surface area contributed by atoms with E-state index in [1.807, 2.05) is 18.0 Å². The molecule has 1 amide bonds. The molecule has 7 nitrogen and oxygen atoms in total. The zero-order valence-corrected chi connectivity index (χ0v) is 16.1. The molecule has 0 saturated carbocycles. The van der Waals surface area contributed by atoms with Crippen molar-refractivity contribution >= 4 is 21.6 Å². The van der Waals surface area contributed by atoms with Crippen LogP contribution in [0.3, 0.4) is 0 Å².